The maximum Gasteiger partial charge on any atom is 0.221 e. The number of carbonyl (C=O) groups is 1. The predicted octanol–water partition coefficient (Wildman–Crippen LogP) is 2.53. The molecule has 6 nitrogen and oxygen atoms in total. The van der Waals surface area contributed by atoms with Crippen LogP contribution in [0, 0.1) is 0 Å². The van der Waals surface area contributed by atoms with Gasteiger partial charge in [-0.05, 0) is 13.3 Å². The zero-order valence-corrected chi connectivity index (χ0v) is 18.8. The number of carbonyl (C=O) groups excluding carboxylic acids is 1. The summed E-state index contributed by atoms with van der Waals surface area (Å²) in [5.41, 5.74) is 5.41. The Bertz CT molecular complexity index is 328. The fourth-order valence-electron chi connectivity index (χ4n) is 3.21. The van der Waals surface area contributed by atoms with Crippen molar-refractivity contribution in [1.29, 1.82) is 0 Å². The average molecular weight is 400 g/mol. The van der Waals surface area contributed by atoms with Crippen molar-refractivity contribution in [2.24, 2.45) is 5.73 Å². The first-order valence-electron chi connectivity index (χ1n) is 11.8. The van der Waals surface area contributed by atoms with Crippen LogP contribution in [0.4, 0.5) is 0 Å². The number of nitrogens with one attached hydrogen (secondary N) is 4. The second kappa shape index (κ2) is 22.6. The monoisotopic (exact) mass is 399 g/mol. The van der Waals surface area contributed by atoms with Crippen LogP contribution in [0.15, 0.2) is 0 Å². The molecule has 168 valence electrons. The Morgan fingerprint density at radius 1 is 0.750 bits per heavy atom. The summed E-state index contributed by atoms with van der Waals surface area (Å²) >= 11 is 0. The fraction of sp³-hybridized carbons (Fsp3) is 0.955. The highest BCUT2D eigenvalue weighted by Gasteiger charge is 2.06. The quantitative estimate of drug-likeness (QED) is 0.180. The van der Waals surface area contributed by atoms with E-state index in [1.807, 2.05) is 0 Å². The summed E-state index contributed by atoms with van der Waals surface area (Å²) < 4.78 is 0. The molecule has 0 spiro atoms. The van der Waals surface area contributed by atoms with E-state index in [4.69, 9.17) is 5.73 Å². The third-order valence-corrected chi connectivity index (χ3v) is 4.96. The Balaban J connectivity index is 3.31. The van der Waals surface area contributed by atoms with Gasteiger partial charge in [0.15, 0.2) is 0 Å². The normalized spacial score (nSPS) is 12.2. The summed E-state index contributed by atoms with van der Waals surface area (Å²) in [5.74, 6) is 0.162. The molecule has 0 aliphatic rings. The van der Waals surface area contributed by atoms with E-state index in [-0.39, 0.29) is 5.91 Å². The van der Waals surface area contributed by atoms with Crippen LogP contribution in [-0.4, -0.2) is 57.8 Å². The van der Waals surface area contributed by atoms with Crippen molar-refractivity contribution in [3.05, 3.63) is 0 Å². The van der Waals surface area contributed by atoms with Gasteiger partial charge in [0.1, 0.15) is 0 Å². The number of hydrogen-bond donors (Lipinski definition) is 5. The molecule has 1 unspecified atom stereocenters. The van der Waals surface area contributed by atoms with Gasteiger partial charge in [0, 0.05) is 58.3 Å². The molecule has 0 bridgehead atoms. The van der Waals surface area contributed by atoms with Crippen LogP contribution in [-0.2, 0) is 4.79 Å². The van der Waals surface area contributed by atoms with Gasteiger partial charge in [-0.15, -0.1) is 0 Å². The molecule has 1 amide bonds. The third kappa shape index (κ3) is 21.6. The molecule has 28 heavy (non-hydrogen) atoms. The van der Waals surface area contributed by atoms with Gasteiger partial charge in [-0.2, -0.15) is 0 Å². The van der Waals surface area contributed by atoms with Crippen molar-refractivity contribution in [2.45, 2.75) is 90.5 Å². The molecular formula is C22H49N5O. The van der Waals surface area contributed by atoms with E-state index in [2.05, 4.69) is 35.1 Å². The molecule has 0 saturated carbocycles. The molecule has 6 heteroatoms. The first kappa shape index (κ1) is 27.3. The van der Waals surface area contributed by atoms with Gasteiger partial charge in [0.25, 0.3) is 0 Å². The minimum absolute atomic E-state index is 0.162. The van der Waals surface area contributed by atoms with Crippen LogP contribution in [0.2, 0.25) is 0 Å². The van der Waals surface area contributed by atoms with Gasteiger partial charge in [-0.3, -0.25) is 4.79 Å². The number of rotatable bonds is 22. The van der Waals surface area contributed by atoms with Crippen molar-refractivity contribution < 1.29 is 4.79 Å². The number of unbranched alkanes of at least 4 members (excludes halogenated alkanes) is 8. The van der Waals surface area contributed by atoms with Crippen molar-refractivity contribution in [3.63, 3.8) is 0 Å². The third-order valence-electron chi connectivity index (χ3n) is 4.96. The number of hydrogen-bond acceptors (Lipinski definition) is 5. The SMILES string of the molecule is CCCCCCCCCCCC(C)NC(=O)CCNCCNCCNCCN. The molecule has 0 aliphatic heterocycles. The minimum Gasteiger partial charge on any atom is -0.354 e. The lowest BCUT2D eigenvalue weighted by molar-refractivity contribution is -0.121. The number of amides is 1. The first-order chi connectivity index (χ1) is 13.7. The lowest BCUT2D eigenvalue weighted by Crippen LogP contribution is -2.36. The van der Waals surface area contributed by atoms with Gasteiger partial charge in [-0.1, -0.05) is 64.7 Å². The molecule has 0 saturated heterocycles. The van der Waals surface area contributed by atoms with E-state index < -0.39 is 0 Å². The Labute approximate surface area is 174 Å². The summed E-state index contributed by atoms with van der Waals surface area (Å²) in [6.45, 7) is 10.4. The molecule has 0 aromatic rings. The molecule has 0 fully saturated rings. The second-order valence-corrected chi connectivity index (χ2v) is 7.87. The second-order valence-electron chi connectivity index (χ2n) is 7.87. The van der Waals surface area contributed by atoms with E-state index in [0.29, 0.717) is 19.0 Å². The topological polar surface area (TPSA) is 91.2 Å². The molecule has 0 radical (unpaired) electrons. The van der Waals surface area contributed by atoms with Crippen LogP contribution >= 0.6 is 0 Å². The molecular weight excluding hydrogens is 350 g/mol. The predicted molar refractivity (Wildman–Crippen MR) is 122 cm³/mol. The van der Waals surface area contributed by atoms with Crippen molar-refractivity contribution >= 4 is 5.91 Å². The summed E-state index contributed by atoms with van der Waals surface area (Å²) in [6.07, 6.45) is 13.8. The Kier molecular flexibility index (Phi) is 22.0. The fourth-order valence-corrected chi connectivity index (χ4v) is 3.21. The maximum atomic E-state index is 12.0. The largest absolute Gasteiger partial charge is 0.354 e. The molecule has 6 N–H and O–H groups in total. The zero-order chi connectivity index (χ0) is 20.7. The van der Waals surface area contributed by atoms with Crippen LogP contribution in [0.3, 0.4) is 0 Å². The van der Waals surface area contributed by atoms with E-state index in [1.54, 1.807) is 0 Å². The van der Waals surface area contributed by atoms with Crippen molar-refractivity contribution in [1.82, 2.24) is 21.3 Å². The Morgan fingerprint density at radius 2 is 1.25 bits per heavy atom. The number of nitrogens with two attached hydrogens (primary N) is 1. The van der Waals surface area contributed by atoms with E-state index in [9.17, 15) is 4.79 Å². The van der Waals surface area contributed by atoms with Crippen molar-refractivity contribution in [2.75, 3.05) is 45.8 Å². The van der Waals surface area contributed by atoms with E-state index in [1.165, 1.54) is 57.8 Å². The Morgan fingerprint density at radius 3 is 1.82 bits per heavy atom. The molecule has 0 aromatic carbocycles. The summed E-state index contributed by atoms with van der Waals surface area (Å²) in [7, 11) is 0. The Hall–Kier alpha value is -0.690. The molecule has 0 rings (SSSR count). The van der Waals surface area contributed by atoms with Crippen LogP contribution < -0.4 is 27.0 Å². The van der Waals surface area contributed by atoms with Gasteiger partial charge in [0.05, 0.1) is 0 Å². The smallest absolute Gasteiger partial charge is 0.221 e. The maximum absolute atomic E-state index is 12.0. The van der Waals surface area contributed by atoms with Crippen molar-refractivity contribution in [3.8, 4) is 0 Å². The standard InChI is InChI=1S/C22H49N5O/c1-3-4-5-6-7-8-9-10-11-12-21(2)27-22(28)13-15-24-17-19-26-20-18-25-16-14-23/h21,24-26H,3-20,23H2,1-2H3,(H,27,28). The minimum atomic E-state index is 0.162. The average Bonchev–Trinajstić information content (AvgIpc) is 2.68. The zero-order valence-electron chi connectivity index (χ0n) is 18.8. The molecule has 0 heterocycles. The van der Waals surface area contributed by atoms with Gasteiger partial charge >= 0.3 is 0 Å². The highest BCUT2D eigenvalue weighted by molar-refractivity contribution is 5.76. The van der Waals surface area contributed by atoms with E-state index >= 15 is 0 Å². The lowest BCUT2D eigenvalue weighted by Gasteiger charge is -2.14. The van der Waals surface area contributed by atoms with Gasteiger partial charge in [-0.25, -0.2) is 0 Å². The lowest BCUT2D eigenvalue weighted by atomic mass is 10.0. The van der Waals surface area contributed by atoms with Gasteiger partial charge < -0.3 is 27.0 Å². The highest BCUT2D eigenvalue weighted by Crippen LogP contribution is 2.11. The molecule has 0 aliphatic carbocycles. The highest BCUT2D eigenvalue weighted by atomic mass is 16.1. The van der Waals surface area contributed by atoms with Crippen LogP contribution in [0.25, 0.3) is 0 Å². The van der Waals surface area contributed by atoms with Gasteiger partial charge in [0.2, 0.25) is 5.91 Å². The molecule has 1 atom stereocenters. The summed E-state index contributed by atoms with van der Waals surface area (Å²) in [4.78, 5) is 12.0. The summed E-state index contributed by atoms with van der Waals surface area (Å²) in [5, 5.41) is 13.0. The van der Waals surface area contributed by atoms with E-state index in [0.717, 1.165) is 45.7 Å². The first-order valence-corrected chi connectivity index (χ1v) is 11.8. The van der Waals surface area contributed by atoms with Crippen LogP contribution in [0.5, 0.6) is 0 Å². The molecule has 0 aromatic heterocycles. The summed E-state index contributed by atoms with van der Waals surface area (Å²) in [6, 6.07) is 0.291. The van der Waals surface area contributed by atoms with Crippen LogP contribution in [0.1, 0.15) is 84.5 Å².